The molecular weight excluding hydrogens is 258 g/mol. The molecule has 2 aromatic rings. The summed E-state index contributed by atoms with van der Waals surface area (Å²) in [5, 5.41) is 11.4. The van der Waals surface area contributed by atoms with Crippen LogP contribution in [0.3, 0.4) is 0 Å². The van der Waals surface area contributed by atoms with Gasteiger partial charge in [-0.1, -0.05) is 18.3 Å². The van der Waals surface area contributed by atoms with Crippen molar-refractivity contribution in [2.75, 3.05) is 0 Å². The summed E-state index contributed by atoms with van der Waals surface area (Å²) in [5.74, 6) is -0.363. The van der Waals surface area contributed by atoms with Crippen molar-refractivity contribution in [2.24, 2.45) is 0 Å². The second kappa shape index (κ2) is 4.65. The van der Waals surface area contributed by atoms with Crippen molar-refractivity contribution >= 4 is 11.3 Å². The third-order valence-corrected chi connectivity index (χ3v) is 3.24. The van der Waals surface area contributed by atoms with Gasteiger partial charge in [0.2, 0.25) is 5.88 Å². The third-order valence-electron chi connectivity index (χ3n) is 2.52. The van der Waals surface area contributed by atoms with Crippen molar-refractivity contribution in [3.05, 3.63) is 47.1 Å². The summed E-state index contributed by atoms with van der Waals surface area (Å²) < 4.78 is 1.01. The Hall–Kier alpha value is -2.09. The summed E-state index contributed by atoms with van der Waals surface area (Å²) in [7, 11) is 0. The van der Waals surface area contributed by atoms with E-state index in [1.54, 1.807) is 12.3 Å². The van der Waals surface area contributed by atoms with Gasteiger partial charge in [0.05, 0.1) is 12.1 Å². The molecule has 2 aromatic heterocycles. The Morgan fingerprint density at radius 2 is 2.06 bits per heavy atom. The maximum Gasteiger partial charge on any atom is 0.331 e. The average Bonchev–Trinajstić information content (AvgIpc) is 2.70. The number of H-pyrrole nitrogens is 2. The quantitative estimate of drug-likeness (QED) is 0.704. The van der Waals surface area contributed by atoms with E-state index in [2.05, 4.69) is 9.97 Å². The molecule has 0 fully saturated rings. The number of thiazole rings is 1. The zero-order chi connectivity index (χ0) is 13.3. The van der Waals surface area contributed by atoms with Crippen molar-refractivity contribution in [1.29, 1.82) is 0 Å². The number of rotatable bonds is 3. The number of hydrogen-bond acceptors (Lipinski definition) is 5. The molecule has 0 saturated carbocycles. The number of nitrogens with one attached hydrogen (secondary N) is 2. The standard InChI is InChI=1S/C10H11N3O4S/c1-2-6-7(14)12-9(16)13(8(6)15)3-5-4-18-10(17)11-5/h4,15H,2-3H2,1H3,(H,11,17)(H,12,14,16). The summed E-state index contributed by atoms with van der Waals surface area (Å²) in [5.41, 5.74) is -0.652. The molecule has 0 unspecified atom stereocenters. The lowest BCUT2D eigenvalue weighted by Crippen LogP contribution is -2.32. The van der Waals surface area contributed by atoms with Crippen LogP contribution >= 0.6 is 11.3 Å². The molecular formula is C10H11N3O4S. The van der Waals surface area contributed by atoms with Gasteiger partial charge in [0.1, 0.15) is 0 Å². The Labute approximate surface area is 104 Å². The van der Waals surface area contributed by atoms with Gasteiger partial charge in [-0.3, -0.25) is 19.1 Å². The van der Waals surface area contributed by atoms with Crippen molar-refractivity contribution in [2.45, 2.75) is 19.9 Å². The lowest BCUT2D eigenvalue weighted by Gasteiger charge is -2.09. The Morgan fingerprint density at radius 1 is 1.33 bits per heavy atom. The van der Waals surface area contributed by atoms with E-state index in [4.69, 9.17) is 0 Å². The smallest absolute Gasteiger partial charge is 0.331 e. The molecule has 7 nitrogen and oxygen atoms in total. The number of aromatic amines is 2. The molecule has 0 atom stereocenters. The van der Waals surface area contributed by atoms with Gasteiger partial charge >= 0.3 is 10.6 Å². The summed E-state index contributed by atoms with van der Waals surface area (Å²) in [6.45, 7) is 1.71. The number of aromatic nitrogens is 3. The SMILES string of the molecule is CCc1c(O)n(Cc2csc(=O)[nH]2)c(=O)[nH]c1=O. The van der Waals surface area contributed by atoms with Gasteiger partial charge in [0, 0.05) is 11.1 Å². The van der Waals surface area contributed by atoms with Crippen LogP contribution in [0.4, 0.5) is 0 Å². The first kappa shape index (κ1) is 12.4. The van der Waals surface area contributed by atoms with Crippen LogP contribution in [-0.2, 0) is 13.0 Å². The fraction of sp³-hybridized carbons (Fsp3) is 0.300. The van der Waals surface area contributed by atoms with Crippen LogP contribution in [0, 0.1) is 0 Å². The summed E-state index contributed by atoms with van der Waals surface area (Å²) in [6, 6.07) is 0. The fourth-order valence-corrected chi connectivity index (χ4v) is 2.20. The molecule has 2 rings (SSSR count). The van der Waals surface area contributed by atoms with Crippen LogP contribution in [0.25, 0.3) is 0 Å². The van der Waals surface area contributed by atoms with Crippen LogP contribution < -0.4 is 16.1 Å². The second-order valence-corrected chi connectivity index (χ2v) is 4.52. The maximum absolute atomic E-state index is 11.6. The fourth-order valence-electron chi connectivity index (χ4n) is 1.63. The molecule has 0 aliphatic rings. The first-order valence-corrected chi connectivity index (χ1v) is 6.12. The van der Waals surface area contributed by atoms with Crippen molar-refractivity contribution in [1.82, 2.24) is 14.5 Å². The minimum Gasteiger partial charge on any atom is -0.494 e. The predicted molar refractivity (Wildman–Crippen MR) is 66.4 cm³/mol. The molecule has 0 aliphatic carbocycles. The molecule has 0 spiro atoms. The summed E-state index contributed by atoms with van der Waals surface area (Å²) in [4.78, 5) is 38.4. The zero-order valence-electron chi connectivity index (χ0n) is 9.52. The normalized spacial score (nSPS) is 10.7. The monoisotopic (exact) mass is 269 g/mol. The van der Waals surface area contributed by atoms with Gasteiger partial charge in [-0.2, -0.15) is 0 Å². The van der Waals surface area contributed by atoms with Gasteiger partial charge in [-0.15, -0.1) is 0 Å². The highest BCUT2D eigenvalue weighted by Crippen LogP contribution is 2.11. The highest BCUT2D eigenvalue weighted by molar-refractivity contribution is 7.07. The van der Waals surface area contributed by atoms with Gasteiger partial charge in [0.25, 0.3) is 5.56 Å². The second-order valence-electron chi connectivity index (χ2n) is 3.67. The van der Waals surface area contributed by atoms with E-state index in [-0.39, 0.29) is 22.9 Å². The lowest BCUT2D eigenvalue weighted by atomic mass is 10.2. The lowest BCUT2D eigenvalue weighted by molar-refractivity contribution is 0.401. The average molecular weight is 269 g/mol. The van der Waals surface area contributed by atoms with Crippen LogP contribution in [0.2, 0.25) is 0 Å². The zero-order valence-corrected chi connectivity index (χ0v) is 10.3. The van der Waals surface area contributed by atoms with Crippen molar-refractivity contribution < 1.29 is 5.11 Å². The summed E-state index contributed by atoms with van der Waals surface area (Å²) in [6.07, 6.45) is 0.307. The minimum absolute atomic E-state index is 0.00713. The van der Waals surface area contributed by atoms with Crippen LogP contribution in [0.1, 0.15) is 18.2 Å². The molecule has 0 bridgehead atoms. The number of hydrogen-bond donors (Lipinski definition) is 3. The van der Waals surface area contributed by atoms with E-state index >= 15 is 0 Å². The predicted octanol–water partition coefficient (Wildman–Crippen LogP) is -0.397. The topological polar surface area (TPSA) is 108 Å². The van der Waals surface area contributed by atoms with E-state index in [0.717, 1.165) is 15.9 Å². The molecule has 18 heavy (non-hydrogen) atoms. The largest absolute Gasteiger partial charge is 0.494 e. The first-order chi connectivity index (χ1) is 8.52. The molecule has 0 saturated heterocycles. The Bertz CT molecular complexity index is 737. The molecule has 0 aromatic carbocycles. The molecule has 8 heteroatoms. The Morgan fingerprint density at radius 3 is 2.61 bits per heavy atom. The highest BCUT2D eigenvalue weighted by atomic mass is 32.1. The van der Waals surface area contributed by atoms with Gasteiger partial charge in [0.15, 0.2) is 0 Å². The van der Waals surface area contributed by atoms with Crippen LogP contribution in [-0.4, -0.2) is 19.6 Å². The molecule has 0 amide bonds. The Kier molecular flexibility index (Phi) is 3.19. The maximum atomic E-state index is 11.6. The van der Waals surface area contributed by atoms with Gasteiger partial charge in [-0.05, 0) is 6.42 Å². The summed E-state index contributed by atoms with van der Waals surface area (Å²) >= 11 is 0.968. The minimum atomic E-state index is -0.707. The molecule has 96 valence electrons. The van der Waals surface area contributed by atoms with Gasteiger partial charge in [-0.25, -0.2) is 4.79 Å². The third kappa shape index (κ3) is 2.14. The molecule has 2 heterocycles. The van der Waals surface area contributed by atoms with Crippen molar-refractivity contribution in [3.8, 4) is 5.88 Å². The van der Waals surface area contributed by atoms with E-state index < -0.39 is 11.2 Å². The molecule has 0 aliphatic heterocycles. The number of nitrogens with zero attached hydrogens (tertiary/aromatic N) is 1. The highest BCUT2D eigenvalue weighted by Gasteiger charge is 2.13. The van der Waals surface area contributed by atoms with E-state index in [9.17, 15) is 19.5 Å². The van der Waals surface area contributed by atoms with E-state index in [1.807, 2.05) is 0 Å². The van der Waals surface area contributed by atoms with Crippen molar-refractivity contribution in [3.63, 3.8) is 0 Å². The van der Waals surface area contributed by atoms with E-state index in [1.165, 1.54) is 0 Å². The van der Waals surface area contributed by atoms with Crippen LogP contribution in [0.5, 0.6) is 5.88 Å². The molecule has 0 radical (unpaired) electrons. The van der Waals surface area contributed by atoms with E-state index in [0.29, 0.717) is 12.1 Å². The molecule has 3 N–H and O–H groups in total. The Balaban J connectivity index is 2.54. The van der Waals surface area contributed by atoms with Crippen LogP contribution in [0.15, 0.2) is 19.8 Å². The number of aromatic hydroxyl groups is 1. The first-order valence-electron chi connectivity index (χ1n) is 5.24. The van der Waals surface area contributed by atoms with Gasteiger partial charge < -0.3 is 10.1 Å².